The number of nitrogens with one attached hydrogen (secondary N) is 1. The Morgan fingerprint density at radius 3 is 2.33 bits per heavy atom. The average Bonchev–Trinajstić information content (AvgIpc) is 2.36. The van der Waals surface area contributed by atoms with E-state index in [0.29, 0.717) is 12.0 Å². The summed E-state index contributed by atoms with van der Waals surface area (Å²) in [6.07, 6.45) is 5.49. The fraction of sp³-hybridized carbons (Fsp3) is 0.647. The molecule has 2 rings (SSSR count). The van der Waals surface area contributed by atoms with E-state index in [0.717, 1.165) is 11.8 Å². The Kier molecular flexibility index (Phi) is 4.82. The van der Waals surface area contributed by atoms with Crippen LogP contribution in [-0.4, -0.2) is 13.1 Å². The van der Waals surface area contributed by atoms with Gasteiger partial charge in [-0.15, -0.1) is 0 Å². The maximum atomic E-state index is 3.62. The van der Waals surface area contributed by atoms with E-state index in [1.54, 1.807) is 0 Å². The second-order valence-corrected chi connectivity index (χ2v) is 5.83. The van der Waals surface area contributed by atoms with Gasteiger partial charge in [-0.25, -0.2) is 0 Å². The van der Waals surface area contributed by atoms with Crippen molar-refractivity contribution < 1.29 is 0 Å². The van der Waals surface area contributed by atoms with Crippen LogP contribution in [0.4, 0.5) is 0 Å². The first-order valence-electron chi connectivity index (χ1n) is 7.50. The lowest BCUT2D eigenvalue weighted by atomic mass is 9.69. The molecule has 0 radical (unpaired) electrons. The van der Waals surface area contributed by atoms with Gasteiger partial charge < -0.3 is 5.32 Å². The first-order valence-corrected chi connectivity index (χ1v) is 7.50. The summed E-state index contributed by atoms with van der Waals surface area (Å²) in [6, 6.07) is 11.7. The standard InChI is InChI=1S/C17H27N/c1-4-13(2)16(14-9-6-5-7-10-14)17(18-3)15-11-8-12-15/h5-7,9-10,13,15-18H,4,8,11-12H2,1-3H3. The van der Waals surface area contributed by atoms with E-state index in [1.807, 2.05) is 0 Å². The van der Waals surface area contributed by atoms with Crippen molar-refractivity contribution in [2.24, 2.45) is 11.8 Å². The van der Waals surface area contributed by atoms with Crippen LogP contribution >= 0.6 is 0 Å². The van der Waals surface area contributed by atoms with Crippen LogP contribution in [0.25, 0.3) is 0 Å². The lowest BCUT2D eigenvalue weighted by Gasteiger charge is -2.41. The van der Waals surface area contributed by atoms with Crippen molar-refractivity contribution in [1.82, 2.24) is 5.32 Å². The van der Waals surface area contributed by atoms with Crippen LogP contribution in [0, 0.1) is 11.8 Å². The van der Waals surface area contributed by atoms with Crippen LogP contribution in [0.1, 0.15) is 51.0 Å². The molecule has 0 aromatic heterocycles. The smallest absolute Gasteiger partial charge is 0.0164 e. The Balaban J connectivity index is 2.23. The monoisotopic (exact) mass is 245 g/mol. The van der Waals surface area contributed by atoms with E-state index in [1.165, 1.54) is 31.2 Å². The van der Waals surface area contributed by atoms with E-state index in [-0.39, 0.29) is 0 Å². The summed E-state index contributed by atoms with van der Waals surface area (Å²) in [5, 5.41) is 3.62. The third-order valence-electron chi connectivity index (χ3n) is 4.82. The topological polar surface area (TPSA) is 12.0 Å². The predicted octanol–water partition coefficient (Wildman–Crippen LogP) is 4.20. The second kappa shape index (κ2) is 6.38. The molecule has 0 saturated heterocycles. The van der Waals surface area contributed by atoms with Gasteiger partial charge >= 0.3 is 0 Å². The summed E-state index contributed by atoms with van der Waals surface area (Å²) >= 11 is 0. The number of benzene rings is 1. The highest BCUT2D eigenvalue weighted by atomic mass is 14.9. The predicted molar refractivity (Wildman–Crippen MR) is 78.8 cm³/mol. The summed E-state index contributed by atoms with van der Waals surface area (Å²) in [6.45, 7) is 4.72. The fourth-order valence-electron chi connectivity index (χ4n) is 3.33. The van der Waals surface area contributed by atoms with Gasteiger partial charge in [0, 0.05) is 12.0 Å². The molecule has 0 heterocycles. The van der Waals surface area contributed by atoms with Gasteiger partial charge in [-0.1, -0.05) is 57.0 Å². The van der Waals surface area contributed by atoms with E-state index < -0.39 is 0 Å². The van der Waals surface area contributed by atoms with Gasteiger partial charge in [0.05, 0.1) is 0 Å². The molecule has 1 saturated carbocycles. The van der Waals surface area contributed by atoms with E-state index in [2.05, 4.69) is 56.5 Å². The van der Waals surface area contributed by atoms with Crippen LogP contribution in [0.15, 0.2) is 30.3 Å². The second-order valence-electron chi connectivity index (χ2n) is 5.83. The summed E-state index contributed by atoms with van der Waals surface area (Å²) in [4.78, 5) is 0. The molecule has 1 aliphatic rings. The van der Waals surface area contributed by atoms with E-state index in [4.69, 9.17) is 0 Å². The Morgan fingerprint density at radius 1 is 1.22 bits per heavy atom. The summed E-state index contributed by atoms with van der Waals surface area (Å²) in [7, 11) is 2.14. The van der Waals surface area contributed by atoms with Gasteiger partial charge in [-0.3, -0.25) is 0 Å². The summed E-state index contributed by atoms with van der Waals surface area (Å²) in [5.41, 5.74) is 1.51. The molecular weight excluding hydrogens is 218 g/mol. The van der Waals surface area contributed by atoms with Crippen molar-refractivity contribution in [2.75, 3.05) is 7.05 Å². The SMILES string of the molecule is CCC(C)C(c1ccccc1)C(NC)C1CCC1. The Morgan fingerprint density at radius 2 is 1.89 bits per heavy atom. The van der Waals surface area contributed by atoms with Gasteiger partial charge in [-0.05, 0) is 37.3 Å². The first kappa shape index (κ1) is 13.6. The molecule has 1 aromatic carbocycles. The van der Waals surface area contributed by atoms with Crippen molar-refractivity contribution >= 4 is 0 Å². The highest BCUT2D eigenvalue weighted by molar-refractivity contribution is 5.23. The van der Waals surface area contributed by atoms with Crippen molar-refractivity contribution in [3.63, 3.8) is 0 Å². The van der Waals surface area contributed by atoms with Crippen LogP contribution in [0.5, 0.6) is 0 Å². The van der Waals surface area contributed by atoms with E-state index >= 15 is 0 Å². The molecule has 0 spiro atoms. The van der Waals surface area contributed by atoms with Crippen LogP contribution in [0.2, 0.25) is 0 Å². The third kappa shape index (κ3) is 2.77. The minimum Gasteiger partial charge on any atom is -0.316 e. The first-order chi connectivity index (χ1) is 8.77. The number of hydrogen-bond acceptors (Lipinski definition) is 1. The molecule has 1 heteroatoms. The van der Waals surface area contributed by atoms with Gasteiger partial charge in [0.15, 0.2) is 0 Å². The number of likely N-dealkylation sites (N-methyl/N-ethyl adjacent to an activating group) is 1. The third-order valence-corrected chi connectivity index (χ3v) is 4.82. The van der Waals surface area contributed by atoms with Crippen molar-refractivity contribution in [1.29, 1.82) is 0 Å². The van der Waals surface area contributed by atoms with Crippen molar-refractivity contribution in [2.45, 2.75) is 51.5 Å². The zero-order chi connectivity index (χ0) is 13.0. The molecule has 18 heavy (non-hydrogen) atoms. The highest BCUT2D eigenvalue weighted by Crippen LogP contribution is 2.40. The van der Waals surface area contributed by atoms with Gasteiger partial charge in [0.1, 0.15) is 0 Å². The van der Waals surface area contributed by atoms with Crippen LogP contribution < -0.4 is 5.32 Å². The van der Waals surface area contributed by atoms with Crippen molar-refractivity contribution in [3.05, 3.63) is 35.9 Å². The molecule has 1 nitrogen and oxygen atoms in total. The molecule has 3 unspecified atom stereocenters. The minimum absolute atomic E-state index is 0.649. The average molecular weight is 245 g/mol. The molecule has 1 aliphatic carbocycles. The zero-order valence-electron chi connectivity index (χ0n) is 12.0. The normalized spacial score (nSPS) is 21.1. The minimum atomic E-state index is 0.649. The molecule has 0 bridgehead atoms. The largest absolute Gasteiger partial charge is 0.316 e. The molecule has 100 valence electrons. The summed E-state index contributed by atoms with van der Waals surface area (Å²) < 4.78 is 0. The lowest BCUT2D eigenvalue weighted by Crippen LogP contribution is -2.44. The van der Waals surface area contributed by atoms with Crippen LogP contribution in [0.3, 0.4) is 0 Å². The Labute approximate surface area is 112 Å². The molecule has 1 fully saturated rings. The molecule has 1 N–H and O–H groups in total. The van der Waals surface area contributed by atoms with Crippen LogP contribution in [-0.2, 0) is 0 Å². The lowest BCUT2D eigenvalue weighted by molar-refractivity contribution is 0.184. The zero-order valence-corrected chi connectivity index (χ0v) is 12.0. The van der Waals surface area contributed by atoms with Gasteiger partial charge in [-0.2, -0.15) is 0 Å². The fourth-order valence-corrected chi connectivity index (χ4v) is 3.33. The molecule has 3 atom stereocenters. The molecule has 0 aliphatic heterocycles. The number of rotatable bonds is 6. The number of hydrogen-bond donors (Lipinski definition) is 1. The van der Waals surface area contributed by atoms with Crippen molar-refractivity contribution in [3.8, 4) is 0 Å². The Hall–Kier alpha value is -0.820. The van der Waals surface area contributed by atoms with Gasteiger partial charge in [0.25, 0.3) is 0 Å². The maximum absolute atomic E-state index is 3.62. The molecule has 1 aromatic rings. The van der Waals surface area contributed by atoms with Gasteiger partial charge in [0.2, 0.25) is 0 Å². The highest BCUT2D eigenvalue weighted by Gasteiger charge is 2.35. The maximum Gasteiger partial charge on any atom is 0.0164 e. The van der Waals surface area contributed by atoms with E-state index in [9.17, 15) is 0 Å². The molecular formula is C17H27N. The quantitative estimate of drug-likeness (QED) is 0.792. The summed E-state index contributed by atoms with van der Waals surface area (Å²) in [5.74, 6) is 2.28. The molecule has 0 amide bonds. The Bertz CT molecular complexity index is 342.